The van der Waals surface area contributed by atoms with Crippen molar-refractivity contribution in [1.82, 2.24) is 19.6 Å². The lowest BCUT2D eigenvalue weighted by molar-refractivity contribution is 0.0840. The van der Waals surface area contributed by atoms with Crippen molar-refractivity contribution in [2.45, 2.75) is 49.9 Å². The molecule has 0 heterocycles. The van der Waals surface area contributed by atoms with Gasteiger partial charge in [-0.3, -0.25) is 0 Å². The quantitative estimate of drug-likeness (QED) is 0.110. The van der Waals surface area contributed by atoms with E-state index in [2.05, 4.69) is 19.6 Å². The Balaban J connectivity index is 0. The van der Waals surface area contributed by atoms with Crippen LogP contribution in [0.25, 0.3) is 0 Å². The van der Waals surface area contributed by atoms with Crippen molar-refractivity contribution in [2.24, 2.45) is 0 Å². The standard InChI is InChI=1S/2C14H36N2O5Si2/c2*1-15(2)11-9-13-22(17-5,18-6)21-23(19-7,20-8)14-10-12-16(3)4/h2*9-14H2,1-8H3. The van der Waals surface area contributed by atoms with Gasteiger partial charge in [0, 0.05) is 81.1 Å². The Labute approximate surface area is 287 Å². The van der Waals surface area contributed by atoms with Crippen molar-refractivity contribution >= 4 is 35.2 Å². The van der Waals surface area contributed by atoms with Crippen LogP contribution >= 0.6 is 0 Å². The Morgan fingerprint density at radius 3 is 0.565 bits per heavy atom. The number of rotatable bonds is 28. The smallest absolute Gasteiger partial charge is 0.377 e. The Bertz CT molecular complexity index is 604. The van der Waals surface area contributed by atoms with Crippen molar-refractivity contribution < 1.29 is 43.6 Å². The summed E-state index contributed by atoms with van der Waals surface area (Å²) >= 11 is 0. The summed E-state index contributed by atoms with van der Waals surface area (Å²) in [5, 5.41) is 0. The van der Waals surface area contributed by atoms with Gasteiger partial charge in [-0.05, 0) is 108 Å². The van der Waals surface area contributed by atoms with E-state index in [9.17, 15) is 0 Å². The van der Waals surface area contributed by atoms with Gasteiger partial charge in [-0.25, -0.2) is 0 Å². The summed E-state index contributed by atoms with van der Waals surface area (Å²) in [6.07, 6.45) is 3.76. The third-order valence-electron chi connectivity index (χ3n) is 7.46. The average Bonchev–Trinajstić information content (AvgIpc) is 3.02. The second-order valence-electron chi connectivity index (χ2n) is 12.2. The highest BCUT2D eigenvalue weighted by Gasteiger charge is 2.52. The molecule has 0 saturated carbocycles. The monoisotopic (exact) mass is 736 g/mol. The van der Waals surface area contributed by atoms with E-state index in [1.165, 1.54) is 0 Å². The van der Waals surface area contributed by atoms with Crippen molar-refractivity contribution in [3.63, 3.8) is 0 Å². The molecule has 0 atom stereocenters. The minimum Gasteiger partial charge on any atom is -0.377 e. The van der Waals surface area contributed by atoms with Crippen molar-refractivity contribution in [1.29, 1.82) is 0 Å². The highest BCUT2D eigenvalue weighted by molar-refractivity contribution is 6.75. The zero-order valence-corrected chi connectivity index (χ0v) is 36.4. The van der Waals surface area contributed by atoms with E-state index in [1.807, 2.05) is 56.4 Å². The van der Waals surface area contributed by atoms with Crippen molar-refractivity contribution in [2.75, 3.05) is 139 Å². The van der Waals surface area contributed by atoms with Crippen LogP contribution in [0, 0.1) is 0 Å². The molecule has 0 saturated heterocycles. The fourth-order valence-corrected chi connectivity index (χ4v) is 17.4. The Morgan fingerprint density at radius 2 is 0.457 bits per heavy atom. The summed E-state index contributed by atoms with van der Waals surface area (Å²) in [6.45, 7) is 3.83. The van der Waals surface area contributed by atoms with Gasteiger partial charge in [-0.15, -0.1) is 0 Å². The predicted molar refractivity (Wildman–Crippen MR) is 193 cm³/mol. The Kier molecular flexibility index (Phi) is 27.5. The van der Waals surface area contributed by atoms with Crippen LogP contribution in [0.15, 0.2) is 0 Å². The van der Waals surface area contributed by atoms with E-state index in [4.69, 9.17) is 43.6 Å². The maximum Gasteiger partial charge on any atom is 0.493 e. The van der Waals surface area contributed by atoms with Crippen LogP contribution < -0.4 is 0 Å². The van der Waals surface area contributed by atoms with E-state index in [-0.39, 0.29) is 0 Å². The first kappa shape index (κ1) is 48.4. The first-order valence-electron chi connectivity index (χ1n) is 16.0. The van der Waals surface area contributed by atoms with Gasteiger partial charge in [-0.2, -0.15) is 0 Å². The van der Waals surface area contributed by atoms with Crippen LogP contribution in [0.2, 0.25) is 24.2 Å². The molecule has 0 bridgehead atoms. The summed E-state index contributed by atoms with van der Waals surface area (Å²) in [7, 11) is 18.4. The van der Waals surface area contributed by atoms with E-state index < -0.39 is 35.2 Å². The highest BCUT2D eigenvalue weighted by Crippen LogP contribution is 2.27. The summed E-state index contributed by atoms with van der Waals surface area (Å²) in [6, 6.07) is 2.97. The van der Waals surface area contributed by atoms with Gasteiger partial charge >= 0.3 is 35.2 Å². The third kappa shape index (κ3) is 20.1. The lowest BCUT2D eigenvalue weighted by atomic mass is 10.5. The van der Waals surface area contributed by atoms with Crippen LogP contribution in [0.1, 0.15) is 25.7 Å². The van der Waals surface area contributed by atoms with Gasteiger partial charge in [-0.1, -0.05) is 0 Å². The largest absolute Gasteiger partial charge is 0.493 e. The second-order valence-corrected chi connectivity index (χ2v) is 24.6. The fraction of sp³-hybridized carbons (Fsp3) is 1.00. The van der Waals surface area contributed by atoms with Gasteiger partial charge in [0.1, 0.15) is 0 Å². The molecular weight excluding hydrogens is 665 g/mol. The van der Waals surface area contributed by atoms with Crippen LogP contribution in [0.3, 0.4) is 0 Å². The molecule has 0 rings (SSSR count). The molecular formula is C28H72N4O10Si4. The minimum absolute atomic E-state index is 0.743. The molecule has 14 nitrogen and oxygen atoms in total. The van der Waals surface area contributed by atoms with E-state index >= 15 is 0 Å². The molecule has 0 aliphatic rings. The SMILES string of the molecule is CO[Si](CCCN(C)C)(OC)O[Si](CCCN(C)C)(OC)OC.CO[Si](CCCN(C)C)(OC)O[Si](CCCN(C)C)(OC)OC. The summed E-state index contributed by atoms with van der Waals surface area (Å²) in [5.74, 6) is 0. The molecule has 0 unspecified atom stereocenters. The van der Waals surface area contributed by atoms with E-state index in [0.717, 1.165) is 76.0 Å². The summed E-state index contributed by atoms with van der Waals surface area (Å²) in [4.78, 5) is 8.55. The molecule has 0 aromatic carbocycles. The number of hydrogen-bond acceptors (Lipinski definition) is 14. The maximum absolute atomic E-state index is 6.34. The van der Waals surface area contributed by atoms with Gasteiger partial charge in [0.2, 0.25) is 0 Å². The zero-order valence-electron chi connectivity index (χ0n) is 32.4. The molecule has 0 amide bonds. The molecule has 46 heavy (non-hydrogen) atoms. The van der Waals surface area contributed by atoms with Crippen LogP contribution in [-0.4, -0.2) is 194 Å². The minimum atomic E-state index is -2.79. The first-order valence-corrected chi connectivity index (χ1v) is 23.7. The molecule has 280 valence electrons. The normalized spacial score (nSPS) is 13.3. The molecule has 0 fully saturated rings. The van der Waals surface area contributed by atoms with Gasteiger partial charge in [0.05, 0.1) is 0 Å². The topological polar surface area (TPSA) is 105 Å². The predicted octanol–water partition coefficient (Wildman–Crippen LogP) is 2.74. The molecule has 0 aromatic rings. The lowest BCUT2D eigenvalue weighted by Crippen LogP contribution is -2.57. The van der Waals surface area contributed by atoms with Gasteiger partial charge in [0.25, 0.3) is 0 Å². The van der Waals surface area contributed by atoms with Gasteiger partial charge < -0.3 is 63.2 Å². The van der Waals surface area contributed by atoms with E-state index in [0.29, 0.717) is 0 Å². The zero-order chi connectivity index (χ0) is 35.9. The molecule has 0 aromatic heterocycles. The van der Waals surface area contributed by atoms with E-state index in [1.54, 1.807) is 56.9 Å². The molecule has 0 aliphatic carbocycles. The second kappa shape index (κ2) is 26.2. The first-order chi connectivity index (χ1) is 21.6. The molecule has 0 spiro atoms. The summed E-state index contributed by atoms with van der Waals surface area (Å²) in [5.41, 5.74) is 0. The summed E-state index contributed by atoms with van der Waals surface area (Å²) < 4.78 is 58.2. The van der Waals surface area contributed by atoms with Crippen LogP contribution in [0.5, 0.6) is 0 Å². The average molecular weight is 737 g/mol. The van der Waals surface area contributed by atoms with Crippen molar-refractivity contribution in [3.8, 4) is 0 Å². The van der Waals surface area contributed by atoms with Crippen LogP contribution in [0.4, 0.5) is 0 Å². The fourth-order valence-electron chi connectivity index (χ4n) is 4.61. The van der Waals surface area contributed by atoms with Crippen molar-refractivity contribution in [3.05, 3.63) is 0 Å². The lowest BCUT2D eigenvalue weighted by Gasteiger charge is -2.36. The molecule has 0 radical (unpaired) electrons. The Morgan fingerprint density at radius 1 is 0.304 bits per heavy atom. The molecule has 0 aliphatic heterocycles. The molecule has 0 N–H and O–H groups in total. The molecule has 18 heteroatoms. The Hall–Kier alpha value is 0.308. The third-order valence-corrected chi connectivity index (χ3v) is 21.3. The number of nitrogens with zero attached hydrogens (tertiary/aromatic N) is 4. The highest BCUT2D eigenvalue weighted by atomic mass is 28.5. The maximum atomic E-state index is 6.34. The van der Waals surface area contributed by atoms with Crippen LogP contribution in [-0.2, 0) is 43.6 Å². The van der Waals surface area contributed by atoms with Gasteiger partial charge in [0.15, 0.2) is 0 Å². The number of hydrogen-bond donors (Lipinski definition) is 0.